The van der Waals surface area contributed by atoms with E-state index in [9.17, 15) is 9.18 Å². The van der Waals surface area contributed by atoms with Gasteiger partial charge in [-0.1, -0.05) is 17.3 Å². The van der Waals surface area contributed by atoms with E-state index >= 15 is 0 Å². The number of halogens is 1. The molecular weight excluding hydrogens is 259 g/mol. The van der Waals surface area contributed by atoms with Gasteiger partial charge in [-0.2, -0.15) is 0 Å². The summed E-state index contributed by atoms with van der Waals surface area (Å²) in [4.78, 5) is 15.1. The molecule has 0 spiro atoms. The first-order chi connectivity index (χ1) is 9.81. The van der Waals surface area contributed by atoms with Crippen molar-refractivity contribution in [3.05, 3.63) is 60.3 Å². The first-order valence-corrected chi connectivity index (χ1v) is 5.87. The fourth-order valence-electron chi connectivity index (χ4n) is 1.94. The second-order valence-electron chi connectivity index (χ2n) is 4.05. The number of hydrogen-bond acceptors (Lipinski definition) is 4. The number of carbonyl (C=O) groups is 1. The zero-order valence-corrected chi connectivity index (χ0v) is 10.3. The molecule has 0 bridgehead atoms. The zero-order chi connectivity index (χ0) is 13.9. The lowest BCUT2D eigenvalue weighted by molar-refractivity contribution is 0.111. The minimum absolute atomic E-state index is 0.140. The van der Waals surface area contributed by atoms with Crippen molar-refractivity contribution < 1.29 is 9.18 Å². The van der Waals surface area contributed by atoms with Crippen molar-refractivity contribution in [1.29, 1.82) is 0 Å². The summed E-state index contributed by atoms with van der Waals surface area (Å²) in [7, 11) is 0. The van der Waals surface area contributed by atoms with Gasteiger partial charge in [-0.05, 0) is 24.3 Å². The van der Waals surface area contributed by atoms with Crippen LogP contribution in [0.3, 0.4) is 0 Å². The van der Waals surface area contributed by atoms with Gasteiger partial charge in [0.1, 0.15) is 17.2 Å². The van der Waals surface area contributed by atoms with Crippen LogP contribution < -0.4 is 0 Å². The highest BCUT2D eigenvalue weighted by Crippen LogP contribution is 2.24. The molecule has 2 heterocycles. The molecule has 5 nitrogen and oxygen atoms in total. The summed E-state index contributed by atoms with van der Waals surface area (Å²) in [5, 5.41) is 7.64. The van der Waals surface area contributed by atoms with Crippen molar-refractivity contribution in [2.75, 3.05) is 0 Å². The molecule has 2 aromatic heterocycles. The Balaban J connectivity index is 2.26. The monoisotopic (exact) mass is 268 g/mol. The summed E-state index contributed by atoms with van der Waals surface area (Å²) in [5.41, 5.74) is 1.43. The van der Waals surface area contributed by atoms with Crippen LogP contribution in [-0.2, 0) is 0 Å². The van der Waals surface area contributed by atoms with Gasteiger partial charge >= 0.3 is 0 Å². The van der Waals surface area contributed by atoms with E-state index < -0.39 is 5.82 Å². The van der Waals surface area contributed by atoms with Crippen molar-refractivity contribution in [3.8, 4) is 16.9 Å². The van der Waals surface area contributed by atoms with E-state index in [0.717, 1.165) is 0 Å². The maximum absolute atomic E-state index is 13.9. The normalized spacial score (nSPS) is 10.4. The summed E-state index contributed by atoms with van der Waals surface area (Å²) < 4.78 is 15.2. The smallest absolute Gasteiger partial charge is 0.172 e. The Morgan fingerprint density at radius 3 is 2.70 bits per heavy atom. The molecule has 0 N–H and O–H groups in total. The number of nitrogens with zero attached hydrogens (tertiary/aromatic N) is 4. The van der Waals surface area contributed by atoms with E-state index in [-0.39, 0.29) is 11.4 Å². The van der Waals surface area contributed by atoms with Crippen LogP contribution >= 0.6 is 0 Å². The average Bonchev–Trinajstić information content (AvgIpc) is 2.92. The highest BCUT2D eigenvalue weighted by atomic mass is 19.1. The first kappa shape index (κ1) is 12.2. The van der Waals surface area contributed by atoms with Crippen LogP contribution in [0.5, 0.6) is 0 Å². The maximum atomic E-state index is 13.9. The lowest BCUT2D eigenvalue weighted by Crippen LogP contribution is -2.02. The Morgan fingerprint density at radius 1 is 1.15 bits per heavy atom. The Hall–Kier alpha value is -2.89. The van der Waals surface area contributed by atoms with E-state index in [1.54, 1.807) is 42.7 Å². The minimum Gasteiger partial charge on any atom is -0.296 e. The molecule has 6 heteroatoms. The molecule has 98 valence electrons. The van der Waals surface area contributed by atoms with Gasteiger partial charge < -0.3 is 0 Å². The van der Waals surface area contributed by atoms with Gasteiger partial charge in [0, 0.05) is 18.0 Å². The van der Waals surface area contributed by atoms with Crippen LogP contribution in [-0.4, -0.2) is 26.3 Å². The number of aldehydes is 1. The van der Waals surface area contributed by atoms with Crippen LogP contribution in [0.2, 0.25) is 0 Å². The number of benzene rings is 1. The predicted molar refractivity (Wildman–Crippen MR) is 69.9 cm³/mol. The Bertz CT molecular complexity index is 755. The Morgan fingerprint density at radius 2 is 2.00 bits per heavy atom. The molecule has 20 heavy (non-hydrogen) atoms. The maximum Gasteiger partial charge on any atom is 0.172 e. The molecule has 0 amide bonds. The van der Waals surface area contributed by atoms with Gasteiger partial charge in [0.2, 0.25) is 0 Å². The number of rotatable bonds is 3. The highest BCUT2D eigenvalue weighted by Gasteiger charge is 2.17. The molecule has 3 rings (SSSR count). The topological polar surface area (TPSA) is 60.7 Å². The van der Waals surface area contributed by atoms with Gasteiger partial charge in [0.25, 0.3) is 0 Å². The van der Waals surface area contributed by atoms with Gasteiger partial charge in [0.15, 0.2) is 12.0 Å². The third-order valence-corrected chi connectivity index (χ3v) is 2.82. The molecule has 0 unspecified atom stereocenters. The summed E-state index contributed by atoms with van der Waals surface area (Å²) in [5.74, 6) is -0.444. The quantitative estimate of drug-likeness (QED) is 0.684. The fraction of sp³-hybridized carbons (Fsp3) is 0. The Kier molecular flexibility index (Phi) is 3.04. The third kappa shape index (κ3) is 1.97. The second kappa shape index (κ2) is 5.00. The van der Waals surface area contributed by atoms with Crippen molar-refractivity contribution >= 4 is 6.29 Å². The Labute approximate surface area is 113 Å². The van der Waals surface area contributed by atoms with Crippen molar-refractivity contribution in [2.45, 2.75) is 0 Å². The second-order valence-corrected chi connectivity index (χ2v) is 4.05. The largest absolute Gasteiger partial charge is 0.296 e. The van der Waals surface area contributed by atoms with Crippen molar-refractivity contribution in [2.24, 2.45) is 0 Å². The van der Waals surface area contributed by atoms with Gasteiger partial charge in [-0.25, -0.2) is 9.07 Å². The average molecular weight is 268 g/mol. The molecule has 1 aromatic carbocycles. The van der Waals surface area contributed by atoms with Gasteiger partial charge in [0.05, 0.1) is 0 Å². The van der Waals surface area contributed by atoms with Gasteiger partial charge in [-0.15, -0.1) is 5.10 Å². The van der Waals surface area contributed by atoms with E-state index in [0.29, 0.717) is 17.5 Å². The van der Waals surface area contributed by atoms with E-state index in [2.05, 4.69) is 15.3 Å². The van der Waals surface area contributed by atoms with E-state index in [1.165, 1.54) is 10.7 Å². The lowest BCUT2D eigenvalue weighted by atomic mass is 10.1. The molecule has 0 saturated carbocycles. The number of para-hydroxylation sites is 1. The summed E-state index contributed by atoms with van der Waals surface area (Å²) in [6.07, 6.45) is 3.77. The molecule has 0 aliphatic carbocycles. The SMILES string of the molecule is O=Cc1nnn(-c2ccccc2F)c1-c1cccnc1. The summed E-state index contributed by atoms with van der Waals surface area (Å²) in [6.45, 7) is 0. The van der Waals surface area contributed by atoms with Crippen LogP contribution in [0.15, 0.2) is 48.8 Å². The number of carbonyl (C=O) groups excluding carboxylic acids is 1. The molecule has 0 fully saturated rings. The molecule has 0 radical (unpaired) electrons. The summed E-state index contributed by atoms with van der Waals surface area (Å²) in [6, 6.07) is 9.65. The molecule has 0 saturated heterocycles. The predicted octanol–water partition coefficient (Wildman–Crippen LogP) is 2.28. The van der Waals surface area contributed by atoms with Gasteiger partial charge in [-0.3, -0.25) is 9.78 Å². The third-order valence-electron chi connectivity index (χ3n) is 2.82. The van der Waals surface area contributed by atoms with Crippen LogP contribution in [0.1, 0.15) is 10.5 Å². The first-order valence-electron chi connectivity index (χ1n) is 5.87. The molecule has 0 aliphatic heterocycles. The molecular formula is C14H9FN4O. The molecule has 0 atom stereocenters. The lowest BCUT2D eigenvalue weighted by Gasteiger charge is -2.07. The fourth-order valence-corrected chi connectivity index (χ4v) is 1.94. The van der Waals surface area contributed by atoms with Crippen LogP contribution in [0.4, 0.5) is 4.39 Å². The van der Waals surface area contributed by atoms with Crippen molar-refractivity contribution in [3.63, 3.8) is 0 Å². The number of pyridine rings is 1. The van der Waals surface area contributed by atoms with Crippen LogP contribution in [0.25, 0.3) is 16.9 Å². The van der Waals surface area contributed by atoms with E-state index in [4.69, 9.17) is 0 Å². The van der Waals surface area contributed by atoms with Crippen LogP contribution in [0, 0.1) is 5.82 Å². The number of hydrogen-bond donors (Lipinski definition) is 0. The summed E-state index contributed by atoms with van der Waals surface area (Å²) >= 11 is 0. The molecule has 0 aliphatic rings. The highest BCUT2D eigenvalue weighted by molar-refractivity contribution is 5.83. The van der Waals surface area contributed by atoms with Crippen molar-refractivity contribution in [1.82, 2.24) is 20.0 Å². The molecule has 3 aromatic rings. The number of aromatic nitrogens is 4. The van der Waals surface area contributed by atoms with E-state index in [1.807, 2.05) is 0 Å². The zero-order valence-electron chi connectivity index (χ0n) is 10.3. The minimum atomic E-state index is -0.444. The standard InChI is InChI=1S/C14H9FN4O/c15-11-5-1-2-6-13(11)19-14(12(9-20)17-18-19)10-4-3-7-16-8-10/h1-9H.